The smallest absolute Gasteiger partial charge is 0.321 e. The van der Waals surface area contributed by atoms with Crippen molar-refractivity contribution in [2.45, 2.75) is 37.6 Å². The molecule has 6 heteroatoms. The summed E-state index contributed by atoms with van der Waals surface area (Å²) in [4.78, 5) is 24.5. The number of rotatable bonds is 2. The molecule has 0 bridgehead atoms. The number of imide groups is 1. The Bertz CT molecular complexity index is 591. The Hall–Kier alpha value is -1.69. The average molecular weight is 350 g/mol. The first kappa shape index (κ1) is 14.3. The van der Waals surface area contributed by atoms with Crippen LogP contribution in [0.3, 0.4) is 0 Å². The van der Waals surface area contributed by atoms with E-state index in [2.05, 4.69) is 26.3 Å². The lowest BCUT2D eigenvalue weighted by atomic mass is 9.82. The Balaban J connectivity index is 1.77. The standard InChI is InChI=1S/C15H16BrN3O2/c16-12-6-4-11(5-7-12)10-17-19-13(20)15(18-14(19)21)8-2-1-3-9-15/h4-7,10H,1-3,8-9H2,(H,18,21)/b17-10-. The van der Waals surface area contributed by atoms with Gasteiger partial charge in [0.05, 0.1) is 6.21 Å². The van der Waals surface area contributed by atoms with Gasteiger partial charge < -0.3 is 5.32 Å². The summed E-state index contributed by atoms with van der Waals surface area (Å²) in [7, 11) is 0. The number of urea groups is 1. The first-order valence-corrected chi connectivity index (χ1v) is 7.86. The minimum Gasteiger partial charge on any atom is -0.321 e. The summed E-state index contributed by atoms with van der Waals surface area (Å²) < 4.78 is 0.968. The topological polar surface area (TPSA) is 61.8 Å². The highest BCUT2D eigenvalue weighted by Gasteiger charge is 2.51. The van der Waals surface area contributed by atoms with E-state index in [9.17, 15) is 9.59 Å². The Morgan fingerprint density at radius 2 is 1.81 bits per heavy atom. The molecule has 3 amide bonds. The quantitative estimate of drug-likeness (QED) is 0.658. The zero-order valence-corrected chi connectivity index (χ0v) is 13.1. The molecule has 0 unspecified atom stereocenters. The van der Waals surface area contributed by atoms with Crippen LogP contribution in [0.25, 0.3) is 0 Å². The van der Waals surface area contributed by atoms with E-state index in [0.717, 1.165) is 34.3 Å². The molecule has 1 aliphatic carbocycles. The van der Waals surface area contributed by atoms with E-state index in [1.807, 2.05) is 24.3 Å². The zero-order valence-electron chi connectivity index (χ0n) is 11.5. The van der Waals surface area contributed by atoms with Crippen molar-refractivity contribution in [1.82, 2.24) is 10.3 Å². The van der Waals surface area contributed by atoms with Crippen LogP contribution in [0.1, 0.15) is 37.7 Å². The summed E-state index contributed by atoms with van der Waals surface area (Å²) in [6.07, 6.45) is 6.01. The fourth-order valence-corrected chi connectivity index (χ4v) is 3.14. The van der Waals surface area contributed by atoms with Gasteiger partial charge in [0.25, 0.3) is 5.91 Å². The molecule has 0 aromatic heterocycles. The van der Waals surface area contributed by atoms with Crippen LogP contribution in [0.4, 0.5) is 4.79 Å². The Morgan fingerprint density at radius 1 is 1.14 bits per heavy atom. The molecule has 5 nitrogen and oxygen atoms in total. The molecule has 0 atom stereocenters. The van der Waals surface area contributed by atoms with Gasteiger partial charge in [-0.3, -0.25) is 4.79 Å². The summed E-state index contributed by atoms with van der Waals surface area (Å²) in [6, 6.07) is 7.08. The van der Waals surface area contributed by atoms with E-state index < -0.39 is 11.6 Å². The second-order valence-electron chi connectivity index (χ2n) is 5.49. The fraction of sp³-hybridized carbons (Fsp3) is 0.400. The van der Waals surface area contributed by atoms with Gasteiger partial charge in [-0.25, -0.2) is 4.79 Å². The second-order valence-corrected chi connectivity index (χ2v) is 6.40. The molecule has 1 saturated heterocycles. The van der Waals surface area contributed by atoms with Crippen molar-refractivity contribution in [3.05, 3.63) is 34.3 Å². The van der Waals surface area contributed by atoms with Crippen LogP contribution in [0.5, 0.6) is 0 Å². The van der Waals surface area contributed by atoms with Gasteiger partial charge in [-0.1, -0.05) is 47.3 Å². The van der Waals surface area contributed by atoms with Crippen LogP contribution in [0.2, 0.25) is 0 Å². The molecule has 1 saturated carbocycles. The van der Waals surface area contributed by atoms with Gasteiger partial charge in [0, 0.05) is 4.47 Å². The van der Waals surface area contributed by atoms with Gasteiger partial charge in [-0.15, -0.1) is 5.01 Å². The molecule has 110 valence electrons. The maximum Gasteiger partial charge on any atom is 0.346 e. The molecular weight excluding hydrogens is 334 g/mol. The van der Waals surface area contributed by atoms with Gasteiger partial charge in [0.2, 0.25) is 0 Å². The molecule has 0 radical (unpaired) electrons. The maximum atomic E-state index is 12.5. The summed E-state index contributed by atoms with van der Waals surface area (Å²) >= 11 is 3.36. The monoisotopic (exact) mass is 349 g/mol. The van der Waals surface area contributed by atoms with Crippen molar-refractivity contribution in [1.29, 1.82) is 0 Å². The van der Waals surface area contributed by atoms with E-state index in [4.69, 9.17) is 0 Å². The van der Waals surface area contributed by atoms with Crippen molar-refractivity contribution in [3.63, 3.8) is 0 Å². The van der Waals surface area contributed by atoms with Crippen molar-refractivity contribution in [2.75, 3.05) is 0 Å². The number of nitrogens with one attached hydrogen (secondary N) is 1. The normalized spacial score (nSPS) is 21.3. The number of hydrogen-bond acceptors (Lipinski definition) is 3. The van der Waals surface area contributed by atoms with Crippen molar-refractivity contribution in [2.24, 2.45) is 5.10 Å². The number of carbonyl (C=O) groups excluding carboxylic acids is 2. The average Bonchev–Trinajstić information content (AvgIpc) is 2.71. The highest BCUT2D eigenvalue weighted by atomic mass is 79.9. The zero-order chi connectivity index (χ0) is 14.9. The largest absolute Gasteiger partial charge is 0.346 e. The lowest BCUT2D eigenvalue weighted by Crippen LogP contribution is -2.48. The van der Waals surface area contributed by atoms with Crippen molar-refractivity contribution >= 4 is 34.1 Å². The van der Waals surface area contributed by atoms with E-state index in [0.29, 0.717) is 12.8 Å². The molecule has 2 fully saturated rings. The molecule has 2 aliphatic rings. The number of benzene rings is 1. The third-order valence-corrected chi connectivity index (χ3v) is 4.57. The minimum absolute atomic E-state index is 0.222. The summed E-state index contributed by atoms with van der Waals surface area (Å²) in [5.41, 5.74) is 0.121. The molecule has 1 aliphatic heterocycles. The van der Waals surface area contributed by atoms with Gasteiger partial charge in [0.1, 0.15) is 5.54 Å². The second kappa shape index (κ2) is 5.60. The highest BCUT2D eigenvalue weighted by Crippen LogP contribution is 2.33. The minimum atomic E-state index is -0.716. The van der Waals surface area contributed by atoms with E-state index in [1.165, 1.54) is 6.21 Å². The number of hydrazone groups is 1. The molecule has 1 aromatic carbocycles. The van der Waals surface area contributed by atoms with Crippen LogP contribution in [-0.2, 0) is 4.79 Å². The van der Waals surface area contributed by atoms with E-state index in [1.54, 1.807) is 0 Å². The number of halogens is 1. The van der Waals surface area contributed by atoms with Crippen LogP contribution in [-0.4, -0.2) is 28.7 Å². The fourth-order valence-electron chi connectivity index (χ4n) is 2.88. The predicted octanol–water partition coefficient (Wildman–Crippen LogP) is 3.04. The number of hydrogen-bond donors (Lipinski definition) is 1. The number of carbonyl (C=O) groups is 2. The number of nitrogens with zero attached hydrogens (tertiary/aromatic N) is 2. The van der Waals surface area contributed by atoms with Crippen LogP contribution in [0.15, 0.2) is 33.8 Å². The number of amides is 3. The summed E-state index contributed by atoms with van der Waals surface area (Å²) in [5, 5.41) is 7.86. The SMILES string of the molecule is O=C1NC2(CCCCC2)C(=O)N1/N=C\c1ccc(Br)cc1. The lowest BCUT2D eigenvalue weighted by Gasteiger charge is -2.29. The third kappa shape index (κ3) is 2.72. The lowest BCUT2D eigenvalue weighted by molar-refractivity contribution is -0.132. The molecule has 1 spiro atoms. The van der Waals surface area contributed by atoms with Crippen LogP contribution >= 0.6 is 15.9 Å². The third-order valence-electron chi connectivity index (χ3n) is 4.04. The van der Waals surface area contributed by atoms with Gasteiger partial charge in [0.15, 0.2) is 0 Å². The first-order chi connectivity index (χ1) is 10.1. The van der Waals surface area contributed by atoms with Crippen molar-refractivity contribution in [3.8, 4) is 0 Å². The van der Waals surface area contributed by atoms with Crippen LogP contribution in [0, 0.1) is 0 Å². The Labute approximate surface area is 131 Å². The van der Waals surface area contributed by atoms with Gasteiger partial charge >= 0.3 is 6.03 Å². The van der Waals surface area contributed by atoms with Gasteiger partial charge in [-0.2, -0.15) is 5.10 Å². The summed E-state index contributed by atoms with van der Waals surface area (Å²) in [6.45, 7) is 0. The molecule has 1 N–H and O–H groups in total. The molecule has 1 aromatic rings. The summed E-state index contributed by atoms with van der Waals surface area (Å²) in [5.74, 6) is -0.222. The highest BCUT2D eigenvalue weighted by molar-refractivity contribution is 9.10. The van der Waals surface area contributed by atoms with E-state index >= 15 is 0 Å². The molecule has 21 heavy (non-hydrogen) atoms. The van der Waals surface area contributed by atoms with Crippen molar-refractivity contribution < 1.29 is 9.59 Å². The van der Waals surface area contributed by atoms with Crippen LogP contribution < -0.4 is 5.32 Å². The van der Waals surface area contributed by atoms with Gasteiger partial charge in [-0.05, 0) is 30.5 Å². The first-order valence-electron chi connectivity index (χ1n) is 7.07. The maximum absolute atomic E-state index is 12.5. The molecule has 3 rings (SSSR count). The van der Waals surface area contributed by atoms with E-state index in [-0.39, 0.29) is 5.91 Å². The Kier molecular flexibility index (Phi) is 3.80. The Morgan fingerprint density at radius 3 is 2.48 bits per heavy atom. The molecular formula is C15H16BrN3O2. The molecule has 1 heterocycles. The predicted molar refractivity (Wildman–Crippen MR) is 82.9 cm³/mol.